The molecule has 16 aromatic rings. The average Bonchev–Trinajstić information content (AvgIpc) is 1.60. The highest BCUT2D eigenvalue weighted by Gasteiger charge is 2.29. The van der Waals surface area contributed by atoms with Crippen LogP contribution in [0.3, 0.4) is 0 Å². The van der Waals surface area contributed by atoms with E-state index < -0.39 is 82.9 Å². The van der Waals surface area contributed by atoms with Gasteiger partial charge in [0.15, 0.2) is 22.6 Å². The maximum Gasteiger partial charge on any atom is 0.240 e. The van der Waals surface area contributed by atoms with Crippen LogP contribution < -0.4 is 20.6 Å². The van der Waals surface area contributed by atoms with Crippen molar-refractivity contribution in [1.29, 1.82) is 0 Å². The predicted molar refractivity (Wildman–Crippen MR) is 422 cm³/mol. The van der Waals surface area contributed by atoms with E-state index >= 15 is 0 Å². The second-order valence-electron chi connectivity index (χ2n) is 27.6. The molecule has 1 aliphatic carbocycles. The molecule has 1 fully saturated rings. The van der Waals surface area contributed by atoms with Gasteiger partial charge in [0, 0.05) is 95.7 Å². The molecule has 0 bridgehead atoms. The van der Waals surface area contributed by atoms with Gasteiger partial charge in [0.25, 0.3) is 0 Å². The number of imidazole rings is 4. The Hall–Kier alpha value is -11.6. The highest BCUT2D eigenvalue weighted by Crippen LogP contribution is 2.39. The summed E-state index contributed by atoms with van der Waals surface area (Å²) < 4.78 is 157. The topological polar surface area (TPSA) is 415 Å². The molecule has 1 aliphatic rings. The summed E-state index contributed by atoms with van der Waals surface area (Å²) in [5.74, 6) is 0.293. The lowest BCUT2D eigenvalue weighted by Crippen LogP contribution is -2.17. The summed E-state index contributed by atoms with van der Waals surface area (Å²) >= 11 is 0. The third-order valence-electron chi connectivity index (χ3n) is 19.6. The van der Waals surface area contributed by atoms with Crippen molar-refractivity contribution < 1.29 is 51.2 Å². The zero-order chi connectivity index (χ0) is 81.2. The van der Waals surface area contributed by atoms with Gasteiger partial charge in [-0.25, -0.2) is 132 Å². The minimum atomic E-state index is -4.11. The van der Waals surface area contributed by atoms with Crippen molar-refractivity contribution in [2.75, 3.05) is 0 Å². The van der Waals surface area contributed by atoms with Crippen LogP contribution in [0.25, 0.3) is 88.3 Å². The van der Waals surface area contributed by atoms with Crippen molar-refractivity contribution in [1.82, 2.24) is 78.1 Å². The number of pyridine rings is 8. The van der Waals surface area contributed by atoms with Crippen molar-refractivity contribution >= 4 is 128 Å². The van der Waals surface area contributed by atoms with Crippen LogP contribution in [0.1, 0.15) is 114 Å². The molecule has 4 aromatic carbocycles. The number of hydrogen-bond acceptors (Lipinski definition) is 20. The predicted octanol–water partition coefficient (Wildman–Crippen LogP) is 11.4. The lowest BCUT2D eigenvalue weighted by atomic mass is 9.85. The quantitative estimate of drug-likeness (QED) is 0.0653. The van der Waals surface area contributed by atoms with Crippen molar-refractivity contribution in [3.63, 3.8) is 0 Å². The zero-order valence-corrected chi connectivity index (χ0v) is 65.6. The van der Waals surface area contributed by atoms with Crippen molar-refractivity contribution in [2.24, 2.45) is 20.6 Å². The summed E-state index contributed by atoms with van der Waals surface area (Å²) in [6, 6.07) is 31.3. The molecule has 28 nitrogen and oxygen atoms in total. The molecule has 12 heterocycles. The molecule has 1 saturated carbocycles. The van der Waals surface area contributed by atoms with Crippen LogP contribution in [0.5, 0.6) is 0 Å². The van der Waals surface area contributed by atoms with Gasteiger partial charge >= 0.3 is 0 Å². The van der Waals surface area contributed by atoms with Gasteiger partial charge in [-0.1, -0.05) is 51.5 Å². The number of aryl methyl sites for hydroxylation is 7. The molecule has 0 spiro atoms. The smallest absolute Gasteiger partial charge is 0.240 e. The number of hydrogen-bond donors (Lipinski definition) is 4. The number of aromatic nitrogens is 16. The molecule has 36 heteroatoms. The first-order valence-corrected chi connectivity index (χ1v) is 42.0. The van der Waals surface area contributed by atoms with E-state index in [2.05, 4.69) is 59.4 Å². The standard InChI is InChI=1S/C21H20FN5O2S.3C19H18FN5O2S/c1-12-5-7-15-19-17(10-24-20(15)25-12)26-21(14-3-2-4-14)27(19)11-13-6-8-18(16(22)9-13)30(23,28)29;3*1-3-17-24-15-9-22-19-13(6-4-11(2)23-19)18(15)25(17)10-12-5-7-16(14(20)8-12)28(21,26)27/h5-10,14H,2-4,11H2,1H3,(H2,23,28,29);3*4-9H,3,10H2,1-2H3,(H2,21,26,27). The van der Waals surface area contributed by atoms with Gasteiger partial charge in [0.1, 0.15) is 88.2 Å². The third kappa shape index (κ3) is 16.1. The van der Waals surface area contributed by atoms with E-state index in [1.165, 1.54) is 48.5 Å². The third-order valence-corrected chi connectivity index (χ3v) is 23.3. The number of primary sulfonamides is 4. The largest absolute Gasteiger partial charge is 0.323 e. The number of benzene rings is 4. The van der Waals surface area contributed by atoms with Gasteiger partial charge in [0.2, 0.25) is 40.1 Å². The van der Waals surface area contributed by atoms with Crippen LogP contribution in [0.15, 0.2) is 166 Å². The monoisotopic (exact) mass is 1620 g/mol. The minimum Gasteiger partial charge on any atom is -0.323 e. The molecule has 0 amide bonds. The number of sulfonamides is 4. The Balaban J connectivity index is 0.000000126. The molecule has 0 unspecified atom stereocenters. The van der Waals surface area contributed by atoms with E-state index in [1.807, 2.05) is 111 Å². The van der Waals surface area contributed by atoms with Gasteiger partial charge in [0.05, 0.1) is 46.9 Å². The van der Waals surface area contributed by atoms with E-state index in [9.17, 15) is 51.2 Å². The molecule has 0 saturated heterocycles. The van der Waals surface area contributed by atoms with Gasteiger partial charge in [-0.2, -0.15) is 0 Å². The number of halogens is 4. The van der Waals surface area contributed by atoms with E-state index in [4.69, 9.17) is 25.5 Å². The second-order valence-corrected chi connectivity index (χ2v) is 33.7. The van der Waals surface area contributed by atoms with Crippen LogP contribution in [-0.4, -0.2) is 112 Å². The molecule has 586 valence electrons. The Labute approximate surface area is 650 Å². The lowest BCUT2D eigenvalue weighted by Gasteiger charge is -2.26. The second kappa shape index (κ2) is 31.0. The lowest BCUT2D eigenvalue weighted by molar-refractivity contribution is 0.392. The highest BCUT2D eigenvalue weighted by molar-refractivity contribution is 7.90. The molecule has 17 rings (SSSR count). The van der Waals surface area contributed by atoms with Gasteiger partial charge in [-0.15, -0.1) is 0 Å². The van der Waals surface area contributed by atoms with Crippen molar-refractivity contribution in [3.8, 4) is 0 Å². The van der Waals surface area contributed by atoms with Crippen LogP contribution in [0.4, 0.5) is 17.6 Å². The molecule has 12 aromatic heterocycles. The number of fused-ring (bicyclic) bond motifs is 12. The summed E-state index contributed by atoms with van der Waals surface area (Å²) in [6.07, 6.45) is 12.1. The SMILES string of the molecule is CCc1nc2cnc3nc(C)ccc3c2n1Cc1ccc(S(N)(=O)=O)c(F)c1.CCc1nc2cnc3nc(C)ccc3c2n1Cc1ccc(S(N)(=O)=O)c(F)c1.CCc1nc2cnc3nc(C)ccc3c2n1Cc1ccc(S(N)(=O)=O)c(F)c1.Cc1ccc2c(ncc3nc(C4CCC4)n(Cc4ccc(S(N)(=O)=O)c(F)c4)c32)n1. The molecule has 0 aliphatic heterocycles. The number of rotatable bonds is 16. The van der Waals surface area contributed by atoms with Crippen molar-refractivity contribution in [2.45, 2.75) is 139 Å². The Morgan fingerprint density at radius 2 is 0.588 bits per heavy atom. The number of nitrogens with two attached hydrogens (primary N) is 4. The normalized spacial score (nSPS) is 12.9. The minimum absolute atomic E-state index is 0.328. The fraction of sp³-hybridized carbons (Fsp3) is 0.231. The average molecular weight is 1620 g/mol. The maximum atomic E-state index is 14.4. The Kier molecular flexibility index (Phi) is 21.5. The van der Waals surface area contributed by atoms with Crippen molar-refractivity contribution in [3.05, 3.63) is 238 Å². The Morgan fingerprint density at radius 1 is 0.342 bits per heavy atom. The van der Waals surface area contributed by atoms with Gasteiger partial charge in [-0.3, -0.25) is 0 Å². The van der Waals surface area contributed by atoms with E-state index in [1.54, 1.807) is 49.1 Å². The van der Waals surface area contributed by atoms with Crippen LogP contribution in [-0.2, 0) is 85.5 Å². The summed E-state index contributed by atoms with van der Waals surface area (Å²) in [5.41, 5.74) is 14.9. The summed E-state index contributed by atoms with van der Waals surface area (Å²) in [5, 5.41) is 23.7. The van der Waals surface area contributed by atoms with E-state index in [0.29, 0.717) is 96.2 Å². The van der Waals surface area contributed by atoms with E-state index in [-0.39, 0.29) is 0 Å². The first-order valence-electron chi connectivity index (χ1n) is 35.9. The summed E-state index contributed by atoms with van der Waals surface area (Å²) in [6.45, 7) is 14.9. The van der Waals surface area contributed by atoms with E-state index in [0.717, 1.165) is 131 Å². The molecule has 0 radical (unpaired) electrons. The molecule has 0 atom stereocenters. The first kappa shape index (κ1) is 79.0. The molecular formula is C78H74F4N20O8S4. The van der Waals surface area contributed by atoms with Crippen LogP contribution >= 0.6 is 0 Å². The van der Waals surface area contributed by atoms with Gasteiger partial charge in [-0.05, 0) is 160 Å². The van der Waals surface area contributed by atoms with Gasteiger partial charge < -0.3 is 18.3 Å². The Bertz CT molecular complexity index is 6590. The highest BCUT2D eigenvalue weighted by atomic mass is 32.2. The fourth-order valence-electron chi connectivity index (χ4n) is 14.0. The van der Waals surface area contributed by atoms with Crippen LogP contribution in [0, 0.1) is 51.0 Å². The van der Waals surface area contributed by atoms with Crippen LogP contribution in [0.2, 0.25) is 0 Å². The molecule has 8 N–H and O–H groups in total. The number of nitrogens with zero attached hydrogens (tertiary/aromatic N) is 16. The first-order chi connectivity index (χ1) is 54.1. The maximum absolute atomic E-state index is 14.4. The summed E-state index contributed by atoms with van der Waals surface area (Å²) in [7, 11) is -16.4. The molecular weight excluding hydrogens is 1550 g/mol. The zero-order valence-electron chi connectivity index (χ0n) is 62.4. The Morgan fingerprint density at radius 3 is 0.816 bits per heavy atom. The molecule has 114 heavy (non-hydrogen) atoms. The fourth-order valence-corrected chi connectivity index (χ4v) is 16.4. The summed E-state index contributed by atoms with van der Waals surface area (Å²) in [4.78, 5) is 52.3.